The third-order valence-corrected chi connectivity index (χ3v) is 3.65. The number of hydrazone groups is 1. The summed E-state index contributed by atoms with van der Waals surface area (Å²) in [6, 6.07) is 6.85. The van der Waals surface area contributed by atoms with Crippen LogP contribution in [-0.4, -0.2) is 17.5 Å². The number of hydrogen-bond acceptors (Lipinski definition) is 3. The zero-order chi connectivity index (χ0) is 15.8. The van der Waals surface area contributed by atoms with Crippen LogP contribution in [0.25, 0.3) is 0 Å². The van der Waals surface area contributed by atoms with Crippen molar-refractivity contribution in [1.82, 2.24) is 5.43 Å². The van der Waals surface area contributed by atoms with Gasteiger partial charge in [-0.1, -0.05) is 13.3 Å². The summed E-state index contributed by atoms with van der Waals surface area (Å²) in [5.41, 5.74) is 4.92. The second-order valence-electron chi connectivity index (χ2n) is 5.56. The summed E-state index contributed by atoms with van der Waals surface area (Å²) < 4.78 is 0. The fourth-order valence-corrected chi connectivity index (χ4v) is 2.42. The highest BCUT2D eigenvalue weighted by atomic mass is 16.2. The average Bonchev–Trinajstić information content (AvgIpc) is 2.54. The van der Waals surface area contributed by atoms with E-state index in [9.17, 15) is 9.59 Å². The summed E-state index contributed by atoms with van der Waals surface area (Å²) in [5, 5.41) is 7.00. The smallest absolute Gasteiger partial charge is 0.271 e. The van der Waals surface area contributed by atoms with Crippen molar-refractivity contribution in [3.8, 4) is 0 Å². The average molecular weight is 301 g/mol. The Hall–Kier alpha value is -2.17. The molecule has 0 aliphatic heterocycles. The molecule has 1 saturated carbocycles. The largest absolute Gasteiger partial charge is 0.326 e. The summed E-state index contributed by atoms with van der Waals surface area (Å²) in [7, 11) is 0. The van der Waals surface area contributed by atoms with Gasteiger partial charge in [0.15, 0.2) is 0 Å². The molecule has 2 rings (SSSR count). The normalized spacial score (nSPS) is 14.3. The molecule has 2 amide bonds. The second kappa shape index (κ2) is 8.32. The van der Waals surface area contributed by atoms with Gasteiger partial charge in [-0.2, -0.15) is 5.10 Å². The molecule has 0 aromatic heterocycles. The highest BCUT2D eigenvalue weighted by Gasteiger charge is 2.09. The lowest BCUT2D eigenvalue weighted by Gasteiger charge is -2.12. The molecule has 1 fully saturated rings. The van der Waals surface area contributed by atoms with Crippen LogP contribution >= 0.6 is 0 Å². The first-order valence-electron chi connectivity index (χ1n) is 7.94. The quantitative estimate of drug-likeness (QED) is 0.817. The van der Waals surface area contributed by atoms with Crippen molar-refractivity contribution in [3.05, 3.63) is 29.8 Å². The molecule has 0 radical (unpaired) electrons. The van der Waals surface area contributed by atoms with Crippen molar-refractivity contribution < 1.29 is 9.59 Å². The van der Waals surface area contributed by atoms with E-state index in [1.165, 1.54) is 6.42 Å². The number of benzene rings is 1. The summed E-state index contributed by atoms with van der Waals surface area (Å²) in [5.74, 6) is -0.229. The van der Waals surface area contributed by atoms with Crippen LogP contribution in [0.4, 0.5) is 5.69 Å². The van der Waals surface area contributed by atoms with E-state index in [0.717, 1.165) is 37.8 Å². The van der Waals surface area contributed by atoms with Crippen LogP contribution in [-0.2, 0) is 4.79 Å². The monoisotopic (exact) mass is 301 g/mol. The number of nitrogens with one attached hydrogen (secondary N) is 2. The van der Waals surface area contributed by atoms with Crippen LogP contribution in [0.1, 0.15) is 62.2 Å². The van der Waals surface area contributed by atoms with Crippen LogP contribution in [0.3, 0.4) is 0 Å². The maximum Gasteiger partial charge on any atom is 0.271 e. The molecule has 22 heavy (non-hydrogen) atoms. The Kier molecular flexibility index (Phi) is 6.13. The van der Waals surface area contributed by atoms with Gasteiger partial charge in [0.05, 0.1) is 0 Å². The van der Waals surface area contributed by atoms with E-state index in [0.29, 0.717) is 17.7 Å². The van der Waals surface area contributed by atoms with E-state index in [1.54, 1.807) is 24.3 Å². The lowest BCUT2D eigenvalue weighted by Crippen LogP contribution is -2.20. The van der Waals surface area contributed by atoms with Crippen LogP contribution in [0.15, 0.2) is 29.4 Å². The Balaban J connectivity index is 1.89. The minimum atomic E-state index is -0.218. The van der Waals surface area contributed by atoms with Crippen molar-refractivity contribution >= 4 is 23.2 Å². The van der Waals surface area contributed by atoms with E-state index < -0.39 is 0 Å². The highest BCUT2D eigenvalue weighted by molar-refractivity contribution is 5.96. The Morgan fingerprint density at radius 3 is 2.41 bits per heavy atom. The van der Waals surface area contributed by atoms with Gasteiger partial charge in [0, 0.05) is 23.4 Å². The highest BCUT2D eigenvalue weighted by Crippen LogP contribution is 2.14. The molecule has 1 aliphatic rings. The molecule has 1 aromatic rings. The topological polar surface area (TPSA) is 70.6 Å². The standard InChI is InChI=1S/C17H23N3O2/c1-2-6-16(21)18-14-11-9-13(10-12-14)17(22)20-19-15-7-4-3-5-8-15/h9-12H,2-8H2,1H3,(H,18,21)(H,20,22). The maximum atomic E-state index is 12.0. The van der Waals surface area contributed by atoms with Gasteiger partial charge in [0.2, 0.25) is 5.91 Å². The van der Waals surface area contributed by atoms with Gasteiger partial charge in [-0.3, -0.25) is 9.59 Å². The predicted octanol–water partition coefficient (Wildman–Crippen LogP) is 3.48. The van der Waals surface area contributed by atoms with Crippen molar-refractivity contribution in [1.29, 1.82) is 0 Å². The van der Waals surface area contributed by atoms with Gasteiger partial charge in [-0.25, -0.2) is 5.43 Å². The molecule has 118 valence electrons. The molecule has 0 spiro atoms. The zero-order valence-corrected chi connectivity index (χ0v) is 13.0. The minimum Gasteiger partial charge on any atom is -0.326 e. The molecule has 1 aliphatic carbocycles. The molecule has 0 heterocycles. The molecular formula is C17H23N3O2. The van der Waals surface area contributed by atoms with Gasteiger partial charge in [-0.15, -0.1) is 0 Å². The lowest BCUT2D eigenvalue weighted by atomic mass is 9.99. The molecule has 5 nitrogen and oxygen atoms in total. The Bertz CT molecular complexity index is 542. The third-order valence-electron chi connectivity index (χ3n) is 3.65. The van der Waals surface area contributed by atoms with E-state index in [2.05, 4.69) is 15.8 Å². The van der Waals surface area contributed by atoms with Crippen LogP contribution < -0.4 is 10.7 Å². The number of carbonyl (C=O) groups excluding carboxylic acids is 2. The molecule has 0 bridgehead atoms. The number of hydrogen-bond donors (Lipinski definition) is 2. The van der Waals surface area contributed by atoms with Crippen LogP contribution in [0.2, 0.25) is 0 Å². The number of carbonyl (C=O) groups is 2. The number of anilines is 1. The van der Waals surface area contributed by atoms with Gasteiger partial charge in [0.1, 0.15) is 0 Å². The molecular weight excluding hydrogens is 278 g/mol. The van der Waals surface area contributed by atoms with E-state index >= 15 is 0 Å². The van der Waals surface area contributed by atoms with Crippen molar-refractivity contribution in [2.75, 3.05) is 5.32 Å². The van der Waals surface area contributed by atoms with Crippen molar-refractivity contribution in [3.63, 3.8) is 0 Å². The number of nitrogens with zero attached hydrogens (tertiary/aromatic N) is 1. The van der Waals surface area contributed by atoms with E-state index in [4.69, 9.17) is 0 Å². The summed E-state index contributed by atoms with van der Waals surface area (Å²) in [6.45, 7) is 1.96. The predicted molar refractivity (Wildman–Crippen MR) is 88.0 cm³/mol. The fraction of sp³-hybridized carbons (Fsp3) is 0.471. The molecule has 0 atom stereocenters. The molecule has 0 unspecified atom stereocenters. The zero-order valence-electron chi connectivity index (χ0n) is 13.0. The minimum absolute atomic E-state index is 0.0107. The molecule has 0 saturated heterocycles. The maximum absolute atomic E-state index is 12.0. The number of amides is 2. The first kappa shape index (κ1) is 16.2. The van der Waals surface area contributed by atoms with Gasteiger partial charge in [0.25, 0.3) is 5.91 Å². The summed E-state index contributed by atoms with van der Waals surface area (Å²) in [4.78, 5) is 23.5. The SMILES string of the molecule is CCCC(=O)Nc1ccc(C(=O)NN=C2CCCCC2)cc1. The van der Waals surface area contributed by atoms with Crippen molar-refractivity contribution in [2.45, 2.75) is 51.9 Å². The summed E-state index contributed by atoms with van der Waals surface area (Å²) >= 11 is 0. The van der Waals surface area contributed by atoms with Gasteiger partial charge >= 0.3 is 0 Å². The Morgan fingerprint density at radius 1 is 1.09 bits per heavy atom. The molecule has 1 aromatic carbocycles. The lowest BCUT2D eigenvalue weighted by molar-refractivity contribution is -0.116. The number of rotatable bonds is 5. The fourth-order valence-electron chi connectivity index (χ4n) is 2.42. The summed E-state index contributed by atoms with van der Waals surface area (Å²) in [6.07, 6.45) is 6.82. The second-order valence-corrected chi connectivity index (χ2v) is 5.56. The first-order chi connectivity index (χ1) is 10.7. The van der Waals surface area contributed by atoms with Gasteiger partial charge < -0.3 is 5.32 Å². The van der Waals surface area contributed by atoms with Crippen LogP contribution in [0.5, 0.6) is 0 Å². The first-order valence-corrected chi connectivity index (χ1v) is 7.94. The molecule has 2 N–H and O–H groups in total. The molecule has 5 heteroatoms. The third kappa shape index (κ3) is 4.98. The van der Waals surface area contributed by atoms with E-state index in [1.807, 2.05) is 6.92 Å². The Labute approximate surface area is 131 Å². The Morgan fingerprint density at radius 2 is 1.77 bits per heavy atom. The van der Waals surface area contributed by atoms with Crippen LogP contribution in [0, 0.1) is 0 Å². The van der Waals surface area contributed by atoms with Crippen molar-refractivity contribution in [2.24, 2.45) is 5.10 Å². The van der Waals surface area contributed by atoms with Gasteiger partial charge in [-0.05, 0) is 56.4 Å². The van der Waals surface area contributed by atoms with E-state index in [-0.39, 0.29) is 11.8 Å².